The van der Waals surface area contributed by atoms with Crippen LogP contribution in [0.2, 0.25) is 0 Å². The first kappa shape index (κ1) is 14.7. The van der Waals surface area contributed by atoms with E-state index in [1.165, 1.54) is 16.7 Å². The summed E-state index contributed by atoms with van der Waals surface area (Å²) in [6, 6.07) is 17.5. The van der Waals surface area contributed by atoms with Gasteiger partial charge in [0.1, 0.15) is 5.01 Å². The van der Waals surface area contributed by atoms with E-state index >= 15 is 0 Å². The summed E-state index contributed by atoms with van der Waals surface area (Å²) in [6.45, 7) is 0. The van der Waals surface area contributed by atoms with Crippen molar-refractivity contribution in [2.45, 2.75) is 0 Å². The summed E-state index contributed by atoms with van der Waals surface area (Å²) in [6.07, 6.45) is 0. The van der Waals surface area contributed by atoms with Crippen molar-refractivity contribution in [1.29, 1.82) is 0 Å². The standard InChI is InChI=1S/C19H14N2O2S/c1-20-15-6-4-11-8-13(3-2-12(11)9-15)18-21-16-7-5-14(19(22)23)10-17(16)24-18/h2-10,20H,1H3,(H,22,23). The van der Waals surface area contributed by atoms with E-state index < -0.39 is 5.97 Å². The fourth-order valence-electron chi connectivity index (χ4n) is 2.72. The lowest BCUT2D eigenvalue weighted by atomic mass is 10.1. The van der Waals surface area contributed by atoms with Crippen molar-refractivity contribution in [2.24, 2.45) is 0 Å². The number of fused-ring (bicyclic) bond motifs is 2. The third-order valence-corrected chi connectivity index (χ3v) is 5.08. The molecule has 0 saturated heterocycles. The number of thiazole rings is 1. The lowest BCUT2D eigenvalue weighted by Crippen LogP contribution is -1.94. The number of rotatable bonds is 3. The first-order valence-corrected chi connectivity index (χ1v) is 8.31. The Morgan fingerprint density at radius 1 is 1.04 bits per heavy atom. The summed E-state index contributed by atoms with van der Waals surface area (Å²) in [5.74, 6) is -0.919. The molecule has 0 aliphatic rings. The summed E-state index contributed by atoms with van der Waals surface area (Å²) in [7, 11) is 1.90. The van der Waals surface area contributed by atoms with Gasteiger partial charge >= 0.3 is 5.97 Å². The van der Waals surface area contributed by atoms with Gasteiger partial charge in [0.25, 0.3) is 0 Å². The molecule has 118 valence electrons. The van der Waals surface area contributed by atoms with Crippen molar-refractivity contribution in [3.8, 4) is 10.6 Å². The minimum Gasteiger partial charge on any atom is -0.478 e. The molecule has 1 aromatic heterocycles. The highest BCUT2D eigenvalue weighted by Gasteiger charge is 2.10. The highest BCUT2D eigenvalue weighted by Crippen LogP contribution is 2.33. The van der Waals surface area contributed by atoms with Crippen LogP contribution >= 0.6 is 11.3 Å². The average Bonchev–Trinajstić information content (AvgIpc) is 3.03. The van der Waals surface area contributed by atoms with E-state index in [1.807, 2.05) is 13.1 Å². The molecule has 2 N–H and O–H groups in total. The summed E-state index contributed by atoms with van der Waals surface area (Å²) in [4.78, 5) is 15.7. The highest BCUT2D eigenvalue weighted by atomic mass is 32.1. The molecule has 0 aliphatic heterocycles. The van der Waals surface area contributed by atoms with Crippen molar-refractivity contribution in [3.05, 3.63) is 60.2 Å². The van der Waals surface area contributed by atoms with Crippen LogP contribution in [0, 0.1) is 0 Å². The maximum Gasteiger partial charge on any atom is 0.335 e. The number of nitrogens with one attached hydrogen (secondary N) is 1. The quantitative estimate of drug-likeness (QED) is 0.562. The van der Waals surface area contributed by atoms with Gasteiger partial charge in [-0.2, -0.15) is 0 Å². The lowest BCUT2D eigenvalue weighted by molar-refractivity contribution is 0.0697. The molecule has 0 fully saturated rings. The number of nitrogens with zero attached hydrogens (tertiary/aromatic N) is 1. The smallest absolute Gasteiger partial charge is 0.335 e. The zero-order valence-electron chi connectivity index (χ0n) is 12.9. The molecule has 0 unspecified atom stereocenters. The molecule has 3 aromatic carbocycles. The number of carboxylic acids is 1. The molecule has 1 heterocycles. The van der Waals surface area contributed by atoms with E-state index in [-0.39, 0.29) is 5.56 Å². The van der Waals surface area contributed by atoms with Crippen molar-refractivity contribution in [3.63, 3.8) is 0 Å². The Morgan fingerprint density at radius 2 is 1.83 bits per heavy atom. The van der Waals surface area contributed by atoms with Crippen LogP contribution in [-0.4, -0.2) is 23.1 Å². The van der Waals surface area contributed by atoms with E-state index in [9.17, 15) is 4.79 Å². The van der Waals surface area contributed by atoms with Gasteiger partial charge in [-0.25, -0.2) is 9.78 Å². The second-order valence-electron chi connectivity index (χ2n) is 5.53. The molecular weight excluding hydrogens is 320 g/mol. The fraction of sp³-hybridized carbons (Fsp3) is 0.0526. The summed E-state index contributed by atoms with van der Waals surface area (Å²) in [5, 5.41) is 15.5. The number of carboxylic acid groups (broad SMARTS) is 1. The minimum atomic E-state index is -0.919. The minimum absolute atomic E-state index is 0.288. The van der Waals surface area contributed by atoms with Gasteiger partial charge in [-0.1, -0.05) is 18.2 Å². The number of hydrogen-bond acceptors (Lipinski definition) is 4. The van der Waals surface area contributed by atoms with Crippen LogP contribution in [-0.2, 0) is 0 Å². The van der Waals surface area contributed by atoms with Crippen LogP contribution in [0.1, 0.15) is 10.4 Å². The Balaban J connectivity index is 1.81. The third-order valence-electron chi connectivity index (χ3n) is 4.01. The molecule has 0 amide bonds. The van der Waals surface area contributed by atoms with Crippen molar-refractivity contribution in [2.75, 3.05) is 12.4 Å². The highest BCUT2D eigenvalue weighted by molar-refractivity contribution is 7.21. The Hall–Kier alpha value is -2.92. The Labute approximate surface area is 142 Å². The van der Waals surface area contributed by atoms with Gasteiger partial charge in [0.05, 0.1) is 15.8 Å². The number of hydrogen-bond donors (Lipinski definition) is 2. The maximum absolute atomic E-state index is 11.1. The van der Waals surface area contributed by atoms with Crippen LogP contribution < -0.4 is 5.32 Å². The van der Waals surface area contributed by atoms with E-state index in [0.717, 1.165) is 31.9 Å². The molecule has 4 aromatic rings. The van der Waals surface area contributed by atoms with Gasteiger partial charge in [-0.3, -0.25) is 0 Å². The molecule has 0 aliphatic carbocycles. The Bertz CT molecular complexity index is 1090. The number of aromatic nitrogens is 1. The first-order chi connectivity index (χ1) is 11.6. The van der Waals surface area contributed by atoms with Crippen LogP contribution in [0.25, 0.3) is 31.6 Å². The number of aromatic carboxylic acids is 1. The molecule has 0 saturated carbocycles. The number of anilines is 1. The topological polar surface area (TPSA) is 62.2 Å². The average molecular weight is 334 g/mol. The van der Waals surface area contributed by atoms with Crippen LogP contribution in [0.4, 0.5) is 5.69 Å². The van der Waals surface area contributed by atoms with Gasteiger partial charge in [0, 0.05) is 18.3 Å². The van der Waals surface area contributed by atoms with Gasteiger partial charge in [0.15, 0.2) is 0 Å². The molecule has 4 rings (SSSR count). The zero-order chi connectivity index (χ0) is 16.7. The second-order valence-corrected chi connectivity index (χ2v) is 6.56. The van der Waals surface area contributed by atoms with E-state index in [1.54, 1.807) is 18.2 Å². The monoisotopic (exact) mass is 334 g/mol. The molecule has 0 bridgehead atoms. The molecule has 4 nitrogen and oxygen atoms in total. The van der Waals surface area contributed by atoms with Crippen molar-refractivity contribution in [1.82, 2.24) is 4.98 Å². The Morgan fingerprint density at radius 3 is 2.62 bits per heavy atom. The molecular formula is C19H14N2O2S. The van der Waals surface area contributed by atoms with E-state index in [0.29, 0.717) is 0 Å². The molecule has 0 radical (unpaired) electrons. The third kappa shape index (κ3) is 2.49. The van der Waals surface area contributed by atoms with Crippen LogP contribution in [0.5, 0.6) is 0 Å². The van der Waals surface area contributed by atoms with Crippen molar-refractivity contribution < 1.29 is 9.90 Å². The molecule has 0 atom stereocenters. The molecule has 5 heteroatoms. The predicted octanol–water partition coefficient (Wildman–Crippen LogP) is 4.86. The SMILES string of the molecule is CNc1ccc2cc(-c3nc4ccc(C(=O)O)cc4s3)ccc2c1. The maximum atomic E-state index is 11.1. The second kappa shape index (κ2) is 5.62. The van der Waals surface area contributed by atoms with Gasteiger partial charge in [0.2, 0.25) is 0 Å². The first-order valence-electron chi connectivity index (χ1n) is 7.50. The summed E-state index contributed by atoms with van der Waals surface area (Å²) < 4.78 is 0.885. The number of benzene rings is 3. The largest absolute Gasteiger partial charge is 0.478 e. The van der Waals surface area contributed by atoms with Gasteiger partial charge in [-0.05, 0) is 47.2 Å². The van der Waals surface area contributed by atoms with Gasteiger partial charge < -0.3 is 10.4 Å². The normalized spacial score (nSPS) is 11.0. The fourth-order valence-corrected chi connectivity index (χ4v) is 3.72. The number of carbonyl (C=O) groups is 1. The molecule has 0 spiro atoms. The van der Waals surface area contributed by atoms with Crippen LogP contribution in [0.3, 0.4) is 0 Å². The zero-order valence-corrected chi connectivity index (χ0v) is 13.7. The Kier molecular flexibility index (Phi) is 3.43. The lowest BCUT2D eigenvalue weighted by Gasteiger charge is -2.04. The van der Waals surface area contributed by atoms with Crippen LogP contribution in [0.15, 0.2) is 54.6 Å². The summed E-state index contributed by atoms with van der Waals surface area (Å²) >= 11 is 1.51. The van der Waals surface area contributed by atoms with Crippen molar-refractivity contribution >= 4 is 44.0 Å². The van der Waals surface area contributed by atoms with E-state index in [4.69, 9.17) is 5.11 Å². The van der Waals surface area contributed by atoms with Gasteiger partial charge in [-0.15, -0.1) is 11.3 Å². The van der Waals surface area contributed by atoms with E-state index in [2.05, 4.69) is 40.6 Å². The molecule has 24 heavy (non-hydrogen) atoms. The predicted molar refractivity (Wildman–Crippen MR) is 99.1 cm³/mol. The summed E-state index contributed by atoms with van der Waals surface area (Å²) in [5.41, 5.74) is 3.23.